The van der Waals surface area contributed by atoms with Crippen molar-refractivity contribution >= 4 is 34.0 Å². The molecule has 4 rings (SSSR count). The van der Waals surface area contributed by atoms with Gasteiger partial charge in [0.05, 0.1) is 18.2 Å². The molecule has 162 valence electrons. The van der Waals surface area contributed by atoms with E-state index >= 15 is 0 Å². The Kier molecular flexibility index (Phi) is 6.36. The molecule has 1 aliphatic heterocycles. The number of fused-ring (bicyclic) bond motifs is 1. The maximum absolute atomic E-state index is 13.8. The third-order valence-electron chi connectivity index (χ3n) is 5.29. The van der Waals surface area contributed by atoms with Crippen LogP contribution in [0, 0.1) is 17.6 Å². The van der Waals surface area contributed by atoms with Gasteiger partial charge in [-0.15, -0.1) is 11.3 Å². The standard InChI is InChI=1S/C23H22ClF2N3OS/c1-13(2)22-21-19(12-29(22)11-14-3-6-16(24)7-4-14)31-23(28-21)27-20(30)9-15-5-8-17(25)10-18(15)26/h3-8,10,13,22H,9,11-12H2,1-2H3,(H,27,28,30)/t22-/m0/s1. The molecule has 4 nitrogen and oxygen atoms in total. The Morgan fingerprint density at radius 2 is 2.00 bits per heavy atom. The second-order valence-corrected chi connectivity index (χ2v) is 9.53. The van der Waals surface area contributed by atoms with Crippen molar-refractivity contribution in [3.05, 3.63) is 80.8 Å². The van der Waals surface area contributed by atoms with Gasteiger partial charge in [0.15, 0.2) is 5.13 Å². The lowest BCUT2D eigenvalue weighted by Crippen LogP contribution is -2.26. The fourth-order valence-electron chi connectivity index (χ4n) is 3.93. The number of amides is 1. The fourth-order valence-corrected chi connectivity index (χ4v) is 5.10. The lowest BCUT2D eigenvalue weighted by Gasteiger charge is -2.27. The summed E-state index contributed by atoms with van der Waals surface area (Å²) in [4.78, 5) is 20.6. The Bertz CT molecular complexity index is 1100. The molecule has 0 radical (unpaired) electrons. The number of nitrogens with one attached hydrogen (secondary N) is 1. The molecule has 2 heterocycles. The van der Waals surface area contributed by atoms with E-state index in [1.54, 1.807) is 0 Å². The summed E-state index contributed by atoms with van der Waals surface area (Å²) >= 11 is 7.44. The van der Waals surface area contributed by atoms with Crippen LogP contribution in [0.1, 0.15) is 41.6 Å². The number of hydrogen-bond acceptors (Lipinski definition) is 4. The van der Waals surface area contributed by atoms with Gasteiger partial charge < -0.3 is 5.32 Å². The van der Waals surface area contributed by atoms with Gasteiger partial charge in [0.2, 0.25) is 5.91 Å². The summed E-state index contributed by atoms with van der Waals surface area (Å²) in [6, 6.07) is 11.2. The van der Waals surface area contributed by atoms with Crippen LogP contribution in [0.5, 0.6) is 0 Å². The van der Waals surface area contributed by atoms with Crippen LogP contribution in [0.25, 0.3) is 0 Å². The van der Waals surface area contributed by atoms with Crippen molar-refractivity contribution in [2.75, 3.05) is 5.32 Å². The van der Waals surface area contributed by atoms with Crippen LogP contribution >= 0.6 is 22.9 Å². The maximum atomic E-state index is 13.8. The third kappa shape index (κ3) is 4.95. The van der Waals surface area contributed by atoms with Crippen molar-refractivity contribution in [2.45, 2.75) is 39.4 Å². The van der Waals surface area contributed by atoms with Crippen LogP contribution in [0.4, 0.5) is 13.9 Å². The Hall–Kier alpha value is -2.35. The minimum Gasteiger partial charge on any atom is -0.302 e. The normalized spacial score (nSPS) is 16.0. The molecule has 3 aromatic rings. The first kappa shape index (κ1) is 21.9. The number of hydrogen-bond donors (Lipinski definition) is 1. The maximum Gasteiger partial charge on any atom is 0.230 e. The molecular weight excluding hydrogens is 440 g/mol. The molecule has 0 fully saturated rings. The summed E-state index contributed by atoms with van der Waals surface area (Å²) in [7, 11) is 0. The van der Waals surface area contributed by atoms with Crippen LogP contribution < -0.4 is 5.32 Å². The molecule has 0 unspecified atom stereocenters. The van der Waals surface area contributed by atoms with E-state index < -0.39 is 11.6 Å². The Morgan fingerprint density at radius 1 is 1.26 bits per heavy atom. The van der Waals surface area contributed by atoms with Gasteiger partial charge in [-0.2, -0.15) is 0 Å². The van der Waals surface area contributed by atoms with Gasteiger partial charge >= 0.3 is 0 Å². The van der Waals surface area contributed by atoms with Gasteiger partial charge in [-0.1, -0.05) is 43.6 Å². The molecule has 0 saturated heterocycles. The number of benzene rings is 2. The van der Waals surface area contributed by atoms with Crippen LogP contribution in [0.3, 0.4) is 0 Å². The highest BCUT2D eigenvalue weighted by Crippen LogP contribution is 2.43. The van der Waals surface area contributed by atoms with Gasteiger partial charge in [0.25, 0.3) is 0 Å². The summed E-state index contributed by atoms with van der Waals surface area (Å²) < 4.78 is 26.9. The van der Waals surface area contributed by atoms with Gasteiger partial charge in [0.1, 0.15) is 11.6 Å². The zero-order valence-corrected chi connectivity index (χ0v) is 18.7. The van der Waals surface area contributed by atoms with Crippen LogP contribution in [0.2, 0.25) is 5.02 Å². The summed E-state index contributed by atoms with van der Waals surface area (Å²) in [6.45, 7) is 5.85. The quantitative estimate of drug-likeness (QED) is 0.492. The number of nitrogens with zero attached hydrogens (tertiary/aromatic N) is 2. The third-order valence-corrected chi connectivity index (χ3v) is 6.51. The fraction of sp³-hybridized carbons (Fsp3) is 0.304. The van der Waals surface area contributed by atoms with E-state index in [1.807, 2.05) is 24.3 Å². The molecule has 1 N–H and O–H groups in total. The van der Waals surface area contributed by atoms with E-state index in [9.17, 15) is 13.6 Å². The average molecular weight is 462 g/mol. The number of carbonyl (C=O) groups is 1. The van der Waals surface area contributed by atoms with E-state index in [2.05, 4.69) is 29.0 Å². The molecule has 1 aromatic heterocycles. The molecule has 8 heteroatoms. The second kappa shape index (κ2) is 9.02. The van der Waals surface area contributed by atoms with Gasteiger partial charge in [-0.05, 0) is 35.2 Å². The zero-order valence-electron chi connectivity index (χ0n) is 17.2. The highest BCUT2D eigenvalue weighted by Gasteiger charge is 2.36. The van der Waals surface area contributed by atoms with E-state index in [0.29, 0.717) is 16.1 Å². The molecule has 2 aromatic carbocycles. The van der Waals surface area contributed by atoms with Crippen molar-refractivity contribution in [3.63, 3.8) is 0 Å². The molecule has 31 heavy (non-hydrogen) atoms. The summed E-state index contributed by atoms with van der Waals surface area (Å²) in [5.74, 6) is -1.43. The van der Waals surface area contributed by atoms with Crippen molar-refractivity contribution in [1.82, 2.24) is 9.88 Å². The van der Waals surface area contributed by atoms with Gasteiger partial charge in [0, 0.05) is 29.1 Å². The van der Waals surface area contributed by atoms with Crippen LogP contribution in [0.15, 0.2) is 42.5 Å². The highest BCUT2D eigenvalue weighted by molar-refractivity contribution is 7.15. The predicted molar refractivity (Wildman–Crippen MR) is 119 cm³/mol. The highest BCUT2D eigenvalue weighted by atomic mass is 35.5. The molecular formula is C23H22ClF2N3OS. The number of carbonyl (C=O) groups excluding carboxylic acids is 1. The smallest absolute Gasteiger partial charge is 0.230 e. The Balaban J connectivity index is 1.45. The summed E-state index contributed by atoms with van der Waals surface area (Å²) in [5, 5.41) is 3.99. The van der Waals surface area contributed by atoms with E-state index in [4.69, 9.17) is 11.6 Å². The lowest BCUT2D eigenvalue weighted by molar-refractivity contribution is -0.115. The monoisotopic (exact) mass is 461 g/mol. The van der Waals surface area contributed by atoms with E-state index in [1.165, 1.54) is 23.0 Å². The molecule has 1 amide bonds. The SMILES string of the molecule is CC(C)[C@H]1c2nc(NC(=O)Cc3ccc(F)cc3F)sc2CN1Cc1ccc(Cl)cc1. The lowest BCUT2D eigenvalue weighted by atomic mass is 10.0. The van der Waals surface area contributed by atoms with Crippen molar-refractivity contribution in [3.8, 4) is 0 Å². The van der Waals surface area contributed by atoms with Crippen molar-refractivity contribution < 1.29 is 13.6 Å². The average Bonchev–Trinajstić information content (AvgIpc) is 3.22. The molecule has 0 spiro atoms. The minimum absolute atomic E-state index is 0.141. The van der Waals surface area contributed by atoms with Crippen LogP contribution in [-0.4, -0.2) is 15.8 Å². The molecule has 0 aliphatic carbocycles. The van der Waals surface area contributed by atoms with Crippen molar-refractivity contribution in [1.29, 1.82) is 0 Å². The molecule has 1 atom stereocenters. The largest absolute Gasteiger partial charge is 0.302 e. The van der Waals surface area contributed by atoms with Crippen molar-refractivity contribution in [2.24, 2.45) is 5.92 Å². The zero-order chi connectivity index (χ0) is 22.1. The number of rotatable bonds is 6. The van der Waals surface area contributed by atoms with Crippen LogP contribution in [-0.2, 0) is 24.3 Å². The minimum atomic E-state index is -0.727. The number of halogens is 3. The number of thiazole rings is 1. The van der Waals surface area contributed by atoms with E-state index in [-0.39, 0.29) is 23.9 Å². The topological polar surface area (TPSA) is 45.2 Å². The predicted octanol–water partition coefficient (Wildman–Crippen LogP) is 5.97. The molecule has 0 bridgehead atoms. The number of aromatic nitrogens is 1. The summed E-state index contributed by atoms with van der Waals surface area (Å²) in [5.41, 5.74) is 2.31. The first-order chi connectivity index (χ1) is 14.8. The van der Waals surface area contributed by atoms with Gasteiger partial charge in [-0.3, -0.25) is 9.69 Å². The second-order valence-electron chi connectivity index (χ2n) is 8.01. The first-order valence-corrected chi connectivity index (χ1v) is 11.2. The molecule has 1 aliphatic rings. The number of anilines is 1. The molecule has 0 saturated carbocycles. The first-order valence-electron chi connectivity index (χ1n) is 10.0. The summed E-state index contributed by atoms with van der Waals surface area (Å²) in [6.07, 6.45) is -0.174. The van der Waals surface area contributed by atoms with E-state index in [0.717, 1.165) is 35.8 Å². The Morgan fingerprint density at radius 3 is 2.68 bits per heavy atom. The van der Waals surface area contributed by atoms with Gasteiger partial charge in [-0.25, -0.2) is 13.8 Å². The Labute approximate surface area is 188 Å².